The van der Waals surface area contributed by atoms with Crippen molar-refractivity contribution in [2.75, 3.05) is 39.5 Å². The molecule has 0 rings (SSSR count). The zero-order valence-electron chi connectivity index (χ0n) is 19.5. The van der Waals surface area contributed by atoms with Crippen LogP contribution in [0.1, 0.15) is 32.1 Å². The van der Waals surface area contributed by atoms with Gasteiger partial charge in [-0.3, -0.25) is 0 Å². The van der Waals surface area contributed by atoms with Crippen LogP contribution in [0.15, 0.2) is 0 Å². The Bertz CT molecular complexity index is 813. The van der Waals surface area contributed by atoms with E-state index in [1.165, 1.54) is 0 Å². The molecular formula is C18H27F12N2O4S+. The van der Waals surface area contributed by atoms with Crippen LogP contribution in [0.25, 0.3) is 0 Å². The minimum atomic E-state index is -7.14. The molecule has 19 heteroatoms. The number of sulfonamides is 1. The lowest BCUT2D eigenvalue weighted by atomic mass is 9.75. The fourth-order valence-electron chi connectivity index (χ4n) is 3.52. The Balaban J connectivity index is 5.27. The lowest BCUT2D eigenvalue weighted by molar-refractivity contribution is -0.883. The molecule has 1 unspecified atom stereocenters. The van der Waals surface area contributed by atoms with E-state index >= 15 is 0 Å². The van der Waals surface area contributed by atoms with Crippen molar-refractivity contribution in [2.45, 2.75) is 56.8 Å². The van der Waals surface area contributed by atoms with Gasteiger partial charge in [0.15, 0.2) is 6.54 Å². The second-order valence-electron chi connectivity index (χ2n) is 9.12. The first-order valence-corrected chi connectivity index (χ1v) is 12.1. The zero-order valence-corrected chi connectivity index (χ0v) is 20.3. The first kappa shape index (κ1) is 35.5. The number of aliphatic carboxylic acids is 1. The number of nitrogens with one attached hydrogen (secondary N) is 1. The van der Waals surface area contributed by atoms with Gasteiger partial charge in [0.1, 0.15) is 0 Å². The van der Waals surface area contributed by atoms with E-state index in [1.807, 2.05) is 4.72 Å². The monoisotopic (exact) mass is 595 g/mol. The number of halogens is 12. The van der Waals surface area contributed by atoms with Crippen molar-refractivity contribution >= 4 is 16.0 Å². The third-order valence-corrected chi connectivity index (χ3v) is 6.98. The van der Waals surface area contributed by atoms with Gasteiger partial charge in [-0.1, -0.05) is 6.42 Å². The predicted molar refractivity (Wildman–Crippen MR) is 104 cm³/mol. The van der Waals surface area contributed by atoms with E-state index in [0.29, 0.717) is 0 Å². The van der Waals surface area contributed by atoms with Crippen LogP contribution in [-0.4, -0.2) is 88.2 Å². The van der Waals surface area contributed by atoms with Crippen molar-refractivity contribution in [1.29, 1.82) is 0 Å². The highest BCUT2D eigenvalue weighted by Crippen LogP contribution is 2.63. The van der Waals surface area contributed by atoms with E-state index in [2.05, 4.69) is 0 Å². The van der Waals surface area contributed by atoms with Gasteiger partial charge in [-0.25, -0.2) is 17.9 Å². The molecule has 0 saturated heterocycles. The molecule has 0 spiro atoms. The maximum atomic E-state index is 13.2. The van der Waals surface area contributed by atoms with Gasteiger partial charge in [-0.2, -0.15) is 52.7 Å². The molecular weight excluding hydrogens is 568 g/mol. The van der Waals surface area contributed by atoms with Crippen LogP contribution in [0, 0.1) is 11.3 Å². The number of rotatable bonds is 14. The number of alkyl halides is 12. The number of nitrogens with zero attached hydrogens (tertiary/aromatic N) is 1. The minimum Gasteiger partial charge on any atom is -0.477 e. The van der Waals surface area contributed by atoms with Crippen LogP contribution >= 0.6 is 0 Å². The fourth-order valence-corrected chi connectivity index (χ4v) is 4.70. The SMILES string of the molecule is C[N+](C)(CCCNS(=O)(=O)CCCCC(CC(C(F)(F)F)(C(F)(F)F)C(F)(F)F)C(F)(F)F)CC(=O)O. The molecule has 0 aliphatic rings. The smallest absolute Gasteiger partial charge is 0.412 e. The van der Waals surface area contributed by atoms with Gasteiger partial charge in [-0.05, 0) is 19.3 Å². The molecule has 37 heavy (non-hydrogen) atoms. The quantitative estimate of drug-likeness (QED) is 0.171. The summed E-state index contributed by atoms with van der Waals surface area (Å²) >= 11 is 0. The molecule has 0 saturated carbocycles. The van der Waals surface area contributed by atoms with E-state index in [0.717, 1.165) is 0 Å². The Morgan fingerprint density at radius 1 is 0.838 bits per heavy atom. The summed E-state index contributed by atoms with van der Waals surface area (Å²) in [5.74, 6) is -5.68. The average Bonchev–Trinajstić information content (AvgIpc) is 2.59. The summed E-state index contributed by atoms with van der Waals surface area (Å²) in [6.07, 6.45) is -33.8. The molecule has 2 N–H and O–H groups in total. The standard InChI is InChI=1S/C18H26F12N2O4S/c1-32(2,11-13(33)34)8-5-7-31-37(35,36)9-4-3-6-12(15(19,20)21)10-14(16(22,23)24,17(25,26)27)18(28,29)30/h12,31H,3-11H2,1-2H3/p+1. The van der Waals surface area contributed by atoms with E-state index in [1.54, 1.807) is 14.1 Å². The van der Waals surface area contributed by atoms with Gasteiger partial charge < -0.3 is 9.59 Å². The van der Waals surface area contributed by atoms with E-state index < -0.39 is 83.5 Å². The summed E-state index contributed by atoms with van der Waals surface area (Å²) < 4.78 is 183. The second kappa shape index (κ2) is 12.1. The fraction of sp³-hybridized carbons (Fsp3) is 0.944. The normalized spacial score (nSPS) is 15.6. The zero-order chi connectivity index (χ0) is 29.7. The molecule has 0 aliphatic heterocycles. The highest BCUT2D eigenvalue weighted by atomic mass is 32.2. The second-order valence-corrected chi connectivity index (χ2v) is 11.0. The molecule has 0 heterocycles. The number of unbranched alkanes of at least 4 members (excludes halogenated alkanes) is 1. The van der Waals surface area contributed by atoms with E-state index in [4.69, 9.17) is 5.11 Å². The molecule has 0 aromatic carbocycles. The summed E-state index contributed by atoms with van der Waals surface area (Å²) in [7, 11) is -1.06. The molecule has 0 radical (unpaired) electrons. The molecule has 222 valence electrons. The number of hydrogen-bond donors (Lipinski definition) is 2. The van der Waals surface area contributed by atoms with Crippen molar-refractivity contribution in [2.24, 2.45) is 11.3 Å². The van der Waals surface area contributed by atoms with Crippen LogP contribution in [0.2, 0.25) is 0 Å². The average molecular weight is 595 g/mol. The number of carboxylic acids is 1. The third kappa shape index (κ3) is 10.6. The first-order chi connectivity index (χ1) is 16.2. The topological polar surface area (TPSA) is 83.5 Å². The van der Waals surface area contributed by atoms with E-state index in [-0.39, 0.29) is 30.5 Å². The lowest BCUT2D eigenvalue weighted by Gasteiger charge is -2.40. The Morgan fingerprint density at radius 2 is 1.30 bits per heavy atom. The maximum Gasteiger partial charge on any atom is 0.412 e. The molecule has 0 aliphatic carbocycles. The molecule has 0 aromatic rings. The van der Waals surface area contributed by atoms with Gasteiger partial charge in [0, 0.05) is 13.0 Å². The van der Waals surface area contributed by atoms with Crippen molar-refractivity contribution in [1.82, 2.24) is 4.72 Å². The van der Waals surface area contributed by atoms with E-state index in [9.17, 15) is 65.9 Å². The third-order valence-electron chi connectivity index (χ3n) is 5.51. The van der Waals surface area contributed by atoms with Crippen molar-refractivity contribution in [3.05, 3.63) is 0 Å². The van der Waals surface area contributed by atoms with Crippen LogP contribution in [0.3, 0.4) is 0 Å². The number of carbonyl (C=O) groups is 1. The van der Waals surface area contributed by atoms with Crippen molar-refractivity contribution in [3.8, 4) is 0 Å². The number of hydrogen-bond acceptors (Lipinski definition) is 3. The van der Waals surface area contributed by atoms with Crippen LogP contribution < -0.4 is 4.72 Å². The minimum absolute atomic E-state index is 0.00877. The largest absolute Gasteiger partial charge is 0.477 e. The van der Waals surface area contributed by atoms with Crippen molar-refractivity contribution in [3.63, 3.8) is 0 Å². The molecule has 1 atom stereocenters. The van der Waals surface area contributed by atoms with Crippen LogP contribution in [0.5, 0.6) is 0 Å². The van der Waals surface area contributed by atoms with Crippen molar-refractivity contribution < 1.29 is 75.5 Å². The summed E-state index contributed by atoms with van der Waals surface area (Å²) in [5.41, 5.74) is -6.63. The predicted octanol–water partition coefficient (Wildman–Crippen LogP) is 4.87. The highest BCUT2D eigenvalue weighted by molar-refractivity contribution is 7.89. The summed E-state index contributed by atoms with van der Waals surface area (Å²) in [6.45, 7) is -0.271. The molecule has 0 fully saturated rings. The number of likely N-dealkylation sites (N-methyl/N-ethyl adjacent to an activating group) is 1. The van der Waals surface area contributed by atoms with Gasteiger partial charge in [0.2, 0.25) is 10.0 Å². The number of quaternary nitrogens is 1. The molecule has 0 amide bonds. The number of carboxylic acid groups (broad SMARTS) is 1. The van der Waals surface area contributed by atoms with Gasteiger partial charge in [0.25, 0.3) is 5.41 Å². The Hall–Kier alpha value is -1.50. The Labute approximate surface area is 204 Å². The van der Waals surface area contributed by atoms with Crippen LogP contribution in [-0.2, 0) is 14.8 Å². The van der Waals surface area contributed by atoms with Gasteiger partial charge >= 0.3 is 30.7 Å². The Morgan fingerprint density at radius 3 is 1.68 bits per heavy atom. The Kier molecular flexibility index (Phi) is 11.6. The summed E-state index contributed by atoms with van der Waals surface area (Å²) in [6, 6.07) is 0. The summed E-state index contributed by atoms with van der Waals surface area (Å²) in [5, 5.41) is 8.76. The summed E-state index contributed by atoms with van der Waals surface area (Å²) in [4.78, 5) is 10.7. The molecule has 0 aromatic heterocycles. The van der Waals surface area contributed by atoms with Gasteiger partial charge in [0.05, 0.1) is 32.3 Å². The lowest BCUT2D eigenvalue weighted by Crippen LogP contribution is -2.61. The van der Waals surface area contributed by atoms with Gasteiger partial charge in [-0.15, -0.1) is 0 Å². The van der Waals surface area contributed by atoms with Crippen LogP contribution in [0.4, 0.5) is 52.7 Å². The highest BCUT2D eigenvalue weighted by Gasteiger charge is 2.84. The molecule has 6 nitrogen and oxygen atoms in total. The maximum absolute atomic E-state index is 13.2. The first-order valence-electron chi connectivity index (χ1n) is 10.5. The molecule has 0 bridgehead atoms.